The first-order valence-corrected chi connectivity index (χ1v) is 8.30. The Morgan fingerprint density at radius 2 is 1.77 bits per heavy atom. The maximum atomic E-state index is 12.3. The molecule has 1 aromatic heterocycles. The topological polar surface area (TPSA) is 79.1 Å². The highest BCUT2D eigenvalue weighted by Crippen LogP contribution is 2.26. The Kier molecular flexibility index (Phi) is 5.18. The molecule has 1 unspecified atom stereocenters. The lowest BCUT2D eigenvalue weighted by atomic mass is 10.1. The molecule has 2 aromatic carbocycles. The predicted molar refractivity (Wildman–Crippen MR) is 95.8 cm³/mol. The number of esters is 1. The molecule has 3 aromatic rings. The van der Waals surface area contributed by atoms with Crippen LogP contribution in [0.4, 0.5) is 0 Å². The van der Waals surface area contributed by atoms with E-state index in [9.17, 15) is 4.79 Å². The van der Waals surface area contributed by atoms with Gasteiger partial charge < -0.3 is 9.47 Å². The van der Waals surface area contributed by atoms with E-state index in [4.69, 9.17) is 21.1 Å². The molecule has 0 spiro atoms. The van der Waals surface area contributed by atoms with Gasteiger partial charge in [0.2, 0.25) is 0 Å². The van der Waals surface area contributed by atoms with Gasteiger partial charge in [0.1, 0.15) is 17.8 Å². The SMILES string of the molecule is Cc1cc(OC(C)C(=O)Oc2ccc(-n3cnnn3)cc2)cc(C)c1Cl. The molecule has 0 aliphatic heterocycles. The van der Waals surface area contributed by atoms with Crippen LogP contribution in [0.2, 0.25) is 5.02 Å². The Balaban J connectivity index is 1.64. The number of hydrogen-bond acceptors (Lipinski definition) is 6. The Bertz CT molecular complexity index is 888. The number of ether oxygens (including phenoxy) is 2. The molecule has 134 valence electrons. The molecule has 0 saturated heterocycles. The van der Waals surface area contributed by atoms with E-state index in [0.717, 1.165) is 16.8 Å². The molecule has 0 aliphatic carbocycles. The second kappa shape index (κ2) is 7.53. The van der Waals surface area contributed by atoms with E-state index < -0.39 is 12.1 Å². The van der Waals surface area contributed by atoms with Gasteiger partial charge in [-0.15, -0.1) is 5.10 Å². The standard InChI is InChI=1S/C18H17ClN4O3/c1-11-8-16(9-12(2)17(11)19)25-13(3)18(24)26-15-6-4-14(5-7-15)23-10-20-21-22-23/h4-10,13H,1-3H3. The van der Waals surface area contributed by atoms with Gasteiger partial charge >= 0.3 is 5.97 Å². The summed E-state index contributed by atoms with van der Waals surface area (Å²) < 4.78 is 12.5. The van der Waals surface area contributed by atoms with Crippen molar-refractivity contribution < 1.29 is 14.3 Å². The van der Waals surface area contributed by atoms with Crippen molar-refractivity contribution in [1.82, 2.24) is 20.2 Å². The Morgan fingerprint density at radius 1 is 1.12 bits per heavy atom. The molecule has 26 heavy (non-hydrogen) atoms. The first-order valence-electron chi connectivity index (χ1n) is 7.92. The number of aryl methyl sites for hydroxylation is 2. The number of hydrogen-bond donors (Lipinski definition) is 0. The highest BCUT2D eigenvalue weighted by molar-refractivity contribution is 6.32. The van der Waals surface area contributed by atoms with Gasteiger partial charge in [-0.25, -0.2) is 9.48 Å². The van der Waals surface area contributed by atoms with E-state index in [1.807, 2.05) is 13.8 Å². The van der Waals surface area contributed by atoms with Gasteiger partial charge in [0.15, 0.2) is 6.10 Å². The van der Waals surface area contributed by atoms with E-state index in [-0.39, 0.29) is 0 Å². The van der Waals surface area contributed by atoms with Crippen molar-refractivity contribution in [2.75, 3.05) is 0 Å². The largest absolute Gasteiger partial charge is 0.479 e. The number of tetrazole rings is 1. The average Bonchev–Trinajstić information content (AvgIpc) is 3.15. The number of aromatic nitrogens is 4. The molecular formula is C18H17ClN4O3. The molecule has 1 atom stereocenters. The molecule has 1 heterocycles. The number of nitrogens with zero attached hydrogens (tertiary/aromatic N) is 4. The molecular weight excluding hydrogens is 356 g/mol. The van der Waals surface area contributed by atoms with Gasteiger partial charge in [-0.3, -0.25) is 0 Å². The van der Waals surface area contributed by atoms with Crippen LogP contribution in [-0.4, -0.2) is 32.3 Å². The minimum atomic E-state index is -0.769. The summed E-state index contributed by atoms with van der Waals surface area (Å²) in [6.07, 6.45) is 0.710. The van der Waals surface area contributed by atoms with Crippen LogP contribution in [0.25, 0.3) is 5.69 Å². The summed E-state index contributed by atoms with van der Waals surface area (Å²) in [6.45, 7) is 5.41. The van der Waals surface area contributed by atoms with Crippen LogP contribution >= 0.6 is 11.6 Å². The van der Waals surface area contributed by atoms with Crippen molar-refractivity contribution in [2.24, 2.45) is 0 Å². The first-order chi connectivity index (χ1) is 12.4. The lowest BCUT2D eigenvalue weighted by Crippen LogP contribution is -2.28. The fourth-order valence-electron chi connectivity index (χ4n) is 2.37. The smallest absolute Gasteiger partial charge is 0.352 e. The number of halogens is 1. The minimum absolute atomic E-state index is 0.408. The lowest BCUT2D eigenvalue weighted by molar-refractivity contribution is -0.141. The number of carbonyl (C=O) groups is 1. The van der Waals surface area contributed by atoms with Gasteiger partial charge in [-0.05, 0) is 78.7 Å². The summed E-state index contributed by atoms with van der Waals surface area (Å²) in [6, 6.07) is 10.4. The van der Waals surface area contributed by atoms with Crippen LogP contribution in [0.15, 0.2) is 42.7 Å². The van der Waals surface area contributed by atoms with Crippen molar-refractivity contribution in [2.45, 2.75) is 26.9 Å². The fourth-order valence-corrected chi connectivity index (χ4v) is 2.48. The molecule has 0 bridgehead atoms. The molecule has 0 aliphatic rings. The van der Waals surface area contributed by atoms with Crippen LogP contribution in [0.1, 0.15) is 18.1 Å². The minimum Gasteiger partial charge on any atom is -0.479 e. The molecule has 0 N–H and O–H groups in total. The normalized spacial score (nSPS) is 11.8. The zero-order chi connectivity index (χ0) is 18.7. The summed E-state index contributed by atoms with van der Waals surface area (Å²) in [5.41, 5.74) is 2.53. The van der Waals surface area contributed by atoms with Crippen LogP contribution in [0, 0.1) is 13.8 Å². The van der Waals surface area contributed by atoms with Crippen molar-refractivity contribution in [1.29, 1.82) is 0 Å². The molecule has 0 saturated carbocycles. The molecule has 8 heteroatoms. The first kappa shape index (κ1) is 17.9. The van der Waals surface area contributed by atoms with E-state index in [2.05, 4.69) is 15.5 Å². The third-order valence-corrected chi connectivity index (χ3v) is 4.32. The van der Waals surface area contributed by atoms with Gasteiger partial charge in [-0.2, -0.15) is 0 Å². The summed E-state index contributed by atoms with van der Waals surface area (Å²) >= 11 is 6.14. The maximum Gasteiger partial charge on any atom is 0.352 e. The van der Waals surface area contributed by atoms with E-state index >= 15 is 0 Å². The predicted octanol–water partition coefficient (Wildman–Crippen LogP) is 3.31. The highest BCUT2D eigenvalue weighted by Gasteiger charge is 2.18. The Morgan fingerprint density at radius 3 is 2.35 bits per heavy atom. The second-order valence-corrected chi connectivity index (χ2v) is 6.18. The van der Waals surface area contributed by atoms with Crippen molar-refractivity contribution in [3.05, 3.63) is 58.9 Å². The third kappa shape index (κ3) is 4.00. The van der Waals surface area contributed by atoms with Crippen LogP contribution in [0.5, 0.6) is 11.5 Å². The number of benzene rings is 2. The fraction of sp³-hybridized carbons (Fsp3) is 0.222. The Labute approximate surface area is 155 Å². The van der Waals surface area contributed by atoms with Crippen molar-refractivity contribution in [3.8, 4) is 17.2 Å². The third-order valence-electron chi connectivity index (χ3n) is 3.72. The van der Waals surface area contributed by atoms with Gasteiger partial charge in [0, 0.05) is 5.02 Å². The molecule has 0 fully saturated rings. The van der Waals surface area contributed by atoms with E-state index in [0.29, 0.717) is 16.5 Å². The monoisotopic (exact) mass is 372 g/mol. The molecule has 7 nitrogen and oxygen atoms in total. The second-order valence-electron chi connectivity index (χ2n) is 5.80. The summed E-state index contributed by atoms with van der Waals surface area (Å²) in [4.78, 5) is 12.3. The number of carbonyl (C=O) groups excluding carboxylic acids is 1. The lowest BCUT2D eigenvalue weighted by Gasteiger charge is -2.15. The van der Waals surface area contributed by atoms with Crippen LogP contribution < -0.4 is 9.47 Å². The van der Waals surface area contributed by atoms with Gasteiger partial charge in [0.05, 0.1) is 5.69 Å². The zero-order valence-corrected chi connectivity index (χ0v) is 15.3. The molecule has 0 radical (unpaired) electrons. The summed E-state index contributed by atoms with van der Waals surface area (Å²) in [5, 5.41) is 11.6. The quantitative estimate of drug-likeness (QED) is 0.505. The summed E-state index contributed by atoms with van der Waals surface area (Å²) in [7, 11) is 0. The van der Waals surface area contributed by atoms with E-state index in [1.165, 1.54) is 11.0 Å². The van der Waals surface area contributed by atoms with E-state index in [1.54, 1.807) is 43.3 Å². The number of rotatable bonds is 5. The van der Waals surface area contributed by atoms with Crippen molar-refractivity contribution >= 4 is 17.6 Å². The van der Waals surface area contributed by atoms with Gasteiger partial charge in [0.25, 0.3) is 0 Å². The highest BCUT2D eigenvalue weighted by atomic mass is 35.5. The zero-order valence-electron chi connectivity index (χ0n) is 14.5. The van der Waals surface area contributed by atoms with Gasteiger partial charge in [-0.1, -0.05) is 11.6 Å². The summed E-state index contributed by atoms with van der Waals surface area (Å²) in [5.74, 6) is 0.485. The van der Waals surface area contributed by atoms with Crippen molar-refractivity contribution in [3.63, 3.8) is 0 Å². The van der Waals surface area contributed by atoms with Crippen LogP contribution in [-0.2, 0) is 4.79 Å². The molecule has 0 amide bonds. The maximum absolute atomic E-state index is 12.3. The Hall–Kier alpha value is -2.93. The average molecular weight is 373 g/mol. The van der Waals surface area contributed by atoms with Crippen LogP contribution in [0.3, 0.4) is 0 Å². The molecule has 3 rings (SSSR count).